The van der Waals surface area contributed by atoms with Gasteiger partial charge in [0.05, 0.1) is 12.6 Å². The number of aromatic nitrogens is 2. The highest BCUT2D eigenvalue weighted by Crippen LogP contribution is 2.41. The van der Waals surface area contributed by atoms with E-state index in [4.69, 9.17) is 9.84 Å². The number of nitrogens with one attached hydrogen (secondary N) is 1. The Morgan fingerprint density at radius 2 is 1.92 bits per heavy atom. The SMILES string of the molecule is COc1nccnc1C#Cc1ccc(C2(NC(=O)O)CCC2)cc1. The van der Waals surface area contributed by atoms with Gasteiger partial charge in [-0.25, -0.2) is 14.8 Å². The zero-order valence-corrected chi connectivity index (χ0v) is 13.2. The number of ether oxygens (including phenoxy) is 1. The van der Waals surface area contributed by atoms with Crippen LogP contribution in [0.4, 0.5) is 4.79 Å². The third kappa shape index (κ3) is 3.15. The van der Waals surface area contributed by atoms with Crippen molar-refractivity contribution in [2.45, 2.75) is 24.8 Å². The topological polar surface area (TPSA) is 84.3 Å². The summed E-state index contributed by atoms with van der Waals surface area (Å²) >= 11 is 0. The number of amides is 1. The van der Waals surface area contributed by atoms with Gasteiger partial charge in [-0.05, 0) is 42.9 Å². The van der Waals surface area contributed by atoms with Gasteiger partial charge in [0, 0.05) is 18.0 Å². The molecule has 0 atom stereocenters. The summed E-state index contributed by atoms with van der Waals surface area (Å²) in [6.45, 7) is 0. The van der Waals surface area contributed by atoms with Crippen LogP contribution in [0.15, 0.2) is 36.7 Å². The molecule has 0 spiro atoms. The number of carbonyl (C=O) groups is 1. The highest BCUT2D eigenvalue weighted by Gasteiger charge is 2.39. The molecule has 3 rings (SSSR count). The van der Waals surface area contributed by atoms with E-state index in [1.54, 1.807) is 12.4 Å². The van der Waals surface area contributed by atoms with Gasteiger partial charge in [-0.2, -0.15) is 0 Å². The molecule has 1 saturated carbocycles. The van der Waals surface area contributed by atoms with Gasteiger partial charge in [0.15, 0.2) is 5.69 Å². The van der Waals surface area contributed by atoms with Crippen molar-refractivity contribution >= 4 is 6.09 Å². The summed E-state index contributed by atoms with van der Waals surface area (Å²) < 4.78 is 5.12. The number of hydrogen-bond acceptors (Lipinski definition) is 4. The van der Waals surface area contributed by atoms with Gasteiger partial charge < -0.3 is 15.2 Å². The molecule has 24 heavy (non-hydrogen) atoms. The number of nitrogens with zero attached hydrogens (tertiary/aromatic N) is 2. The van der Waals surface area contributed by atoms with Crippen molar-refractivity contribution in [1.82, 2.24) is 15.3 Å². The molecule has 2 N–H and O–H groups in total. The third-order valence-electron chi connectivity index (χ3n) is 4.17. The lowest BCUT2D eigenvalue weighted by Crippen LogP contribution is -2.50. The molecule has 1 aromatic carbocycles. The molecule has 122 valence electrons. The van der Waals surface area contributed by atoms with E-state index >= 15 is 0 Å². The first-order valence-corrected chi connectivity index (χ1v) is 7.62. The Labute approximate surface area is 139 Å². The van der Waals surface area contributed by atoms with Gasteiger partial charge in [-0.15, -0.1) is 0 Å². The predicted octanol–water partition coefficient (Wildman–Crippen LogP) is 2.53. The maximum Gasteiger partial charge on any atom is 0.405 e. The average Bonchev–Trinajstić information content (AvgIpc) is 2.57. The van der Waals surface area contributed by atoms with Gasteiger partial charge >= 0.3 is 6.09 Å². The van der Waals surface area contributed by atoms with Crippen LogP contribution in [0, 0.1) is 11.8 Å². The van der Waals surface area contributed by atoms with Crippen LogP contribution < -0.4 is 10.1 Å². The smallest absolute Gasteiger partial charge is 0.405 e. The van der Waals surface area contributed by atoms with E-state index in [9.17, 15) is 4.79 Å². The summed E-state index contributed by atoms with van der Waals surface area (Å²) in [7, 11) is 1.53. The molecule has 6 nitrogen and oxygen atoms in total. The Morgan fingerprint density at radius 1 is 1.21 bits per heavy atom. The lowest BCUT2D eigenvalue weighted by atomic mass is 9.72. The molecule has 1 aliphatic carbocycles. The van der Waals surface area contributed by atoms with E-state index in [1.807, 2.05) is 24.3 Å². The van der Waals surface area contributed by atoms with Crippen molar-refractivity contribution in [3.8, 4) is 17.7 Å². The van der Waals surface area contributed by atoms with E-state index in [2.05, 4.69) is 27.1 Å². The van der Waals surface area contributed by atoms with E-state index in [1.165, 1.54) is 7.11 Å². The minimum absolute atomic E-state index is 0.390. The summed E-state index contributed by atoms with van der Waals surface area (Å²) in [5, 5.41) is 11.7. The summed E-state index contributed by atoms with van der Waals surface area (Å²) in [6, 6.07) is 7.61. The minimum Gasteiger partial charge on any atom is -0.479 e. The van der Waals surface area contributed by atoms with Gasteiger partial charge in [0.25, 0.3) is 0 Å². The van der Waals surface area contributed by atoms with Crippen LogP contribution in [-0.4, -0.2) is 28.3 Å². The van der Waals surface area contributed by atoms with E-state index in [-0.39, 0.29) is 0 Å². The Bertz CT molecular complexity index is 802. The zero-order valence-electron chi connectivity index (χ0n) is 13.2. The first-order valence-electron chi connectivity index (χ1n) is 7.62. The normalized spacial score (nSPS) is 14.7. The molecule has 0 radical (unpaired) electrons. The number of hydrogen-bond donors (Lipinski definition) is 2. The van der Waals surface area contributed by atoms with Crippen molar-refractivity contribution in [2.24, 2.45) is 0 Å². The quantitative estimate of drug-likeness (QED) is 0.848. The maximum atomic E-state index is 11.0. The molecule has 1 heterocycles. The second-order valence-electron chi connectivity index (χ2n) is 5.61. The first kappa shape index (κ1) is 15.8. The van der Waals surface area contributed by atoms with Crippen molar-refractivity contribution in [3.63, 3.8) is 0 Å². The fourth-order valence-corrected chi connectivity index (χ4v) is 2.79. The Morgan fingerprint density at radius 3 is 2.50 bits per heavy atom. The molecule has 0 saturated heterocycles. The van der Waals surface area contributed by atoms with Crippen LogP contribution in [0.1, 0.15) is 36.1 Å². The fraction of sp³-hybridized carbons (Fsp3) is 0.278. The van der Waals surface area contributed by atoms with Gasteiger partial charge in [0.2, 0.25) is 5.88 Å². The van der Waals surface area contributed by atoms with Crippen molar-refractivity contribution in [1.29, 1.82) is 0 Å². The molecule has 2 aromatic rings. The summed E-state index contributed by atoms with van der Waals surface area (Å²) in [5.41, 5.74) is 1.81. The maximum absolute atomic E-state index is 11.0. The standard InChI is InChI=1S/C18H17N3O3/c1-24-16-15(19-11-12-20-16)8-5-13-3-6-14(7-4-13)18(9-2-10-18)21-17(22)23/h3-4,6-7,11-12,21H,2,9-10H2,1H3,(H,22,23). The Kier molecular flexibility index (Phi) is 4.34. The molecule has 1 amide bonds. The highest BCUT2D eigenvalue weighted by atomic mass is 16.5. The van der Waals surface area contributed by atoms with Gasteiger partial charge in [-0.1, -0.05) is 18.1 Å². The third-order valence-corrected chi connectivity index (χ3v) is 4.17. The number of rotatable bonds is 3. The van der Waals surface area contributed by atoms with Crippen LogP contribution >= 0.6 is 0 Å². The molecule has 1 aliphatic rings. The van der Waals surface area contributed by atoms with E-state index in [0.29, 0.717) is 11.6 Å². The zero-order chi connectivity index (χ0) is 17.0. The van der Waals surface area contributed by atoms with Crippen LogP contribution in [0.5, 0.6) is 5.88 Å². The van der Waals surface area contributed by atoms with Gasteiger partial charge in [0.1, 0.15) is 0 Å². The van der Waals surface area contributed by atoms with Crippen LogP contribution in [0.25, 0.3) is 0 Å². The molecule has 1 aromatic heterocycles. The number of benzene rings is 1. The van der Waals surface area contributed by atoms with Crippen molar-refractivity contribution in [2.75, 3.05) is 7.11 Å². The number of methoxy groups -OCH3 is 1. The van der Waals surface area contributed by atoms with E-state index < -0.39 is 11.6 Å². The molecular formula is C18H17N3O3. The summed E-state index contributed by atoms with van der Waals surface area (Å²) in [5.74, 6) is 6.35. The molecular weight excluding hydrogens is 306 g/mol. The molecule has 1 fully saturated rings. The molecule has 0 bridgehead atoms. The van der Waals surface area contributed by atoms with Crippen LogP contribution in [0.3, 0.4) is 0 Å². The number of carboxylic acid groups (broad SMARTS) is 1. The molecule has 6 heteroatoms. The molecule has 0 aliphatic heterocycles. The Balaban J connectivity index is 1.81. The first-order chi connectivity index (χ1) is 11.6. The monoisotopic (exact) mass is 323 g/mol. The van der Waals surface area contributed by atoms with E-state index in [0.717, 1.165) is 30.4 Å². The fourth-order valence-electron chi connectivity index (χ4n) is 2.79. The minimum atomic E-state index is -0.992. The van der Waals surface area contributed by atoms with Crippen molar-refractivity contribution < 1.29 is 14.6 Å². The average molecular weight is 323 g/mol. The van der Waals surface area contributed by atoms with Gasteiger partial charge in [-0.3, -0.25) is 0 Å². The summed E-state index contributed by atoms with van der Waals surface area (Å²) in [4.78, 5) is 19.2. The summed E-state index contributed by atoms with van der Waals surface area (Å²) in [6.07, 6.45) is 4.78. The lowest BCUT2D eigenvalue weighted by Gasteiger charge is -2.42. The second kappa shape index (κ2) is 6.59. The Hall–Kier alpha value is -3.07. The lowest BCUT2D eigenvalue weighted by molar-refractivity contribution is 0.144. The molecule has 0 unspecified atom stereocenters. The highest BCUT2D eigenvalue weighted by molar-refractivity contribution is 5.66. The predicted molar refractivity (Wildman–Crippen MR) is 87.7 cm³/mol. The largest absolute Gasteiger partial charge is 0.479 e. The second-order valence-corrected chi connectivity index (χ2v) is 5.61. The van der Waals surface area contributed by atoms with Crippen LogP contribution in [-0.2, 0) is 5.54 Å². The van der Waals surface area contributed by atoms with Crippen LogP contribution in [0.2, 0.25) is 0 Å². The van der Waals surface area contributed by atoms with Crippen molar-refractivity contribution in [3.05, 3.63) is 53.5 Å².